The van der Waals surface area contributed by atoms with E-state index in [4.69, 9.17) is 4.74 Å². The first kappa shape index (κ1) is 13.1. The Morgan fingerprint density at radius 2 is 2.35 bits per heavy atom. The fraction of sp³-hybridized carbons (Fsp3) is 0.333. The Morgan fingerprint density at radius 1 is 1.50 bits per heavy atom. The van der Waals surface area contributed by atoms with Crippen molar-refractivity contribution in [3.63, 3.8) is 0 Å². The lowest BCUT2D eigenvalue weighted by Gasteiger charge is -2.15. The van der Waals surface area contributed by atoms with Crippen LogP contribution in [0.4, 0.5) is 0 Å². The molecule has 1 amide bonds. The summed E-state index contributed by atoms with van der Waals surface area (Å²) in [7, 11) is 0. The summed E-state index contributed by atoms with van der Waals surface area (Å²) in [6.45, 7) is 1.21. The van der Waals surface area contributed by atoms with Gasteiger partial charge in [0, 0.05) is 17.2 Å². The largest absolute Gasteiger partial charge is 0.381 e. The number of nitrogens with zero attached hydrogens (tertiary/aromatic N) is 1. The molecule has 20 heavy (non-hydrogen) atoms. The van der Waals surface area contributed by atoms with Gasteiger partial charge < -0.3 is 10.1 Å². The molecule has 1 N–H and O–H groups in total. The lowest BCUT2D eigenvalue weighted by atomic mass is 10.0. The van der Waals surface area contributed by atoms with Gasteiger partial charge in [-0.25, -0.2) is 0 Å². The minimum atomic E-state index is -0.477. The smallest absolute Gasteiger partial charge is 0.262 e. The molecule has 1 saturated heterocycles. The third-order valence-electron chi connectivity index (χ3n) is 3.51. The van der Waals surface area contributed by atoms with Crippen molar-refractivity contribution in [3.8, 4) is 6.07 Å². The van der Waals surface area contributed by atoms with Crippen LogP contribution < -0.4 is 5.32 Å². The van der Waals surface area contributed by atoms with Crippen molar-refractivity contribution in [2.24, 2.45) is 5.92 Å². The lowest BCUT2D eigenvalue weighted by Crippen LogP contribution is -2.39. The Labute approximate surface area is 121 Å². The summed E-state index contributed by atoms with van der Waals surface area (Å²) >= 11 is 1.45. The number of fused-ring (bicyclic) bond motifs is 1. The molecule has 5 heteroatoms. The average Bonchev–Trinajstić information content (AvgIpc) is 3.13. The second-order valence-electron chi connectivity index (χ2n) is 4.85. The molecule has 2 heterocycles. The predicted molar refractivity (Wildman–Crippen MR) is 77.6 cm³/mol. The van der Waals surface area contributed by atoms with Crippen molar-refractivity contribution in [2.45, 2.75) is 12.5 Å². The van der Waals surface area contributed by atoms with E-state index in [-0.39, 0.29) is 11.8 Å². The highest BCUT2D eigenvalue weighted by atomic mass is 32.1. The van der Waals surface area contributed by atoms with Crippen LogP contribution in [0, 0.1) is 17.2 Å². The zero-order valence-corrected chi connectivity index (χ0v) is 11.7. The summed E-state index contributed by atoms with van der Waals surface area (Å²) in [5.41, 5.74) is 0. The fourth-order valence-corrected chi connectivity index (χ4v) is 3.34. The van der Waals surface area contributed by atoms with Gasteiger partial charge in [0.05, 0.1) is 17.6 Å². The molecule has 2 aromatic rings. The van der Waals surface area contributed by atoms with Crippen LogP contribution in [0.25, 0.3) is 10.1 Å². The van der Waals surface area contributed by atoms with E-state index in [1.54, 1.807) is 0 Å². The van der Waals surface area contributed by atoms with Crippen molar-refractivity contribution < 1.29 is 9.53 Å². The van der Waals surface area contributed by atoms with Gasteiger partial charge in [0.2, 0.25) is 0 Å². The van der Waals surface area contributed by atoms with E-state index < -0.39 is 6.04 Å². The van der Waals surface area contributed by atoms with E-state index in [9.17, 15) is 10.1 Å². The number of hydrogen-bond acceptors (Lipinski definition) is 4. The summed E-state index contributed by atoms with van der Waals surface area (Å²) in [5.74, 6) is -0.0806. The quantitative estimate of drug-likeness (QED) is 0.943. The molecular weight excluding hydrogens is 272 g/mol. The maximum absolute atomic E-state index is 12.2. The number of nitriles is 1. The van der Waals surface area contributed by atoms with Gasteiger partial charge in [0.25, 0.3) is 5.91 Å². The predicted octanol–water partition coefficient (Wildman–Crippen LogP) is 2.56. The monoisotopic (exact) mass is 286 g/mol. The molecule has 1 aromatic heterocycles. The standard InChI is InChI=1S/C15H14N2O2S/c16-8-12(11-5-6-19-9-11)17-15(18)14-7-10-3-1-2-4-13(10)20-14/h1-4,7,11-12H,5-6,9H2,(H,17,18)/t11-,12-/m1/s1. The summed E-state index contributed by atoms with van der Waals surface area (Å²) < 4.78 is 6.35. The van der Waals surface area contributed by atoms with Crippen LogP contribution in [0.5, 0.6) is 0 Å². The molecule has 0 aliphatic carbocycles. The molecule has 1 aromatic carbocycles. The highest BCUT2D eigenvalue weighted by Crippen LogP contribution is 2.25. The van der Waals surface area contributed by atoms with E-state index in [0.29, 0.717) is 18.1 Å². The van der Waals surface area contributed by atoms with Crippen molar-refractivity contribution in [1.29, 1.82) is 5.26 Å². The zero-order valence-electron chi connectivity index (χ0n) is 10.8. The van der Waals surface area contributed by atoms with Gasteiger partial charge in [-0.2, -0.15) is 5.26 Å². The maximum Gasteiger partial charge on any atom is 0.262 e. The number of benzene rings is 1. The Kier molecular flexibility index (Phi) is 3.68. The third kappa shape index (κ3) is 2.53. The number of nitrogens with one attached hydrogen (secondary N) is 1. The minimum Gasteiger partial charge on any atom is -0.381 e. The Hall–Kier alpha value is -1.90. The number of rotatable bonds is 3. The van der Waals surface area contributed by atoms with Crippen LogP contribution >= 0.6 is 11.3 Å². The van der Waals surface area contributed by atoms with E-state index in [1.807, 2.05) is 30.3 Å². The van der Waals surface area contributed by atoms with Crippen molar-refractivity contribution in [1.82, 2.24) is 5.32 Å². The van der Waals surface area contributed by atoms with Crippen molar-refractivity contribution in [2.75, 3.05) is 13.2 Å². The van der Waals surface area contributed by atoms with Crippen LogP contribution in [-0.4, -0.2) is 25.2 Å². The third-order valence-corrected chi connectivity index (χ3v) is 4.63. The Balaban J connectivity index is 1.76. The number of carbonyl (C=O) groups is 1. The molecule has 0 bridgehead atoms. The summed E-state index contributed by atoms with van der Waals surface area (Å²) in [5, 5.41) is 13.1. The average molecular weight is 286 g/mol. The molecule has 4 nitrogen and oxygen atoms in total. The van der Waals surface area contributed by atoms with Crippen molar-refractivity contribution >= 4 is 27.3 Å². The second-order valence-corrected chi connectivity index (χ2v) is 5.94. The highest BCUT2D eigenvalue weighted by Gasteiger charge is 2.27. The van der Waals surface area contributed by atoms with Crippen molar-refractivity contribution in [3.05, 3.63) is 35.2 Å². The summed E-state index contributed by atoms with van der Waals surface area (Å²) in [6.07, 6.45) is 0.824. The SMILES string of the molecule is N#C[C@@H](NC(=O)c1cc2ccccc2s1)[C@@H]1CCOC1. The molecule has 1 aliphatic heterocycles. The molecule has 0 spiro atoms. The molecule has 0 radical (unpaired) electrons. The molecular formula is C15H14N2O2S. The van der Waals surface area contributed by atoms with Crippen LogP contribution in [-0.2, 0) is 4.74 Å². The fourth-order valence-electron chi connectivity index (χ4n) is 2.38. The molecule has 1 aliphatic rings. The van der Waals surface area contributed by atoms with Gasteiger partial charge in [0.1, 0.15) is 6.04 Å². The van der Waals surface area contributed by atoms with Gasteiger partial charge >= 0.3 is 0 Å². The number of amides is 1. The van der Waals surface area contributed by atoms with E-state index >= 15 is 0 Å². The Morgan fingerprint density at radius 3 is 3.05 bits per heavy atom. The molecule has 102 valence electrons. The highest BCUT2D eigenvalue weighted by molar-refractivity contribution is 7.20. The zero-order chi connectivity index (χ0) is 13.9. The van der Waals surface area contributed by atoms with Gasteiger partial charge in [-0.1, -0.05) is 18.2 Å². The van der Waals surface area contributed by atoms with Gasteiger partial charge in [0.15, 0.2) is 0 Å². The van der Waals surface area contributed by atoms with E-state index in [2.05, 4.69) is 11.4 Å². The van der Waals surface area contributed by atoms with Crippen LogP contribution in [0.3, 0.4) is 0 Å². The number of hydrogen-bond donors (Lipinski definition) is 1. The van der Waals surface area contributed by atoms with Crippen LogP contribution in [0.2, 0.25) is 0 Å². The number of carbonyl (C=O) groups excluding carboxylic acids is 1. The normalized spacial score (nSPS) is 19.6. The molecule has 2 atom stereocenters. The first-order valence-electron chi connectivity index (χ1n) is 6.55. The van der Waals surface area contributed by atoms with Gasteiger partial charge in [-0.15, -0.1) is 11.3 Å². The molecule has 0 unspecified atom stereocenters. The molecule has 1 fully saturated rings. The lowest BCUT2D eigenvalue weighted by molar-refractivity contribution is 0.0935. The summed E-state index contributed by atoms with van der Waals surface area (Å²) in [6, 6.07) is 11.4. The van der Waals surface area contributed by atoms with Crippen LogP contribution in [0.1, 0.15) is 16.1 Å². The molecule has 3 rings (SSSR count). The number of ether oxygens (including phenoxy) is 1. The number of thiophene rings is 1. The van der Waals surface area contributed by atoms with E-state index in [0.717, 1.165) is 16.5 Å². The van der Waals surface area contributed by atoms with Gasteiger partial charge in [-0.05, 0) is 23.9 Å². The van der Waals surface area contributed by atoms with Crippen LogP contribution in [0.15, 0.2) is 30.3 Å². The first-order valence-corrected chi connectivity index (χ1v) is 7.36. The minimum absolute atomic E-state index is 0.0957. The second kappa shape index (κ2) is 5.61. The topological polar surface area (TPSA) is 62.1 Å². The van der Waals surface area contributed by atoms with E-state index in [1.165, 1.54) is 11.3 Å². The maximum atomic E-state index is 12.2. The van der Waals surface area contributed by atoms with Gasteiger partial charge in [-0.3, -0.25) is 4.79 Å². The summed E-state index contributed by atoms with van der Waals surface area (Å²) in [4.78, 5) is 12.9. The molecule has 0 saturated carbocycles. The Bertz CT molecular complexity index is 635. The first-order chi connectivity index (χ1) is 9.78.